The van der Waals surface area contributed by atoms with Crippen LogP contribution in [0, 0.1) is 11.3 Å². The first-order valence-electron chi connectivity index (χ1n) is 13.0. The Hall–Kier alpha value is -4.08. The van der Waals surface area contributed by atoms with Crippen molar-refractivity contribution in [3.63, 3.8) is 0 Å². The first-order chi connectivity index (χ1) is 18.9. The highest BCUT2D eigenvalue weighted by Crippen LogP contribution is 2.30. The molecule has 0 radical (unpaired) electrons. The van der Waals surface area contributed by atoms with Gasteiger partial charge >= 0.3 is 6.03 Å². The molecule has 2 atom stereocenters. The number of likely N-dealkylation sites (tertiary alicyclic amines) is 1. The quantitative estimate of drug-likeness (QED) is 0.530. The number of nitriles is 1. The number of methoxy groups -OCH3 is 2. The number of carbonyl (C=O) groups is 3. The maximum absolute atomic E-state index is 13.4. The number of amides is 3. The average Bonchev–Trinajstić information content (AvgIpc) is 3.58. The molecule has 0 aliphatic carbocycles. The van der Waals surface area contributed by atoms with E-state index in [4.69, 9.17) is 9.47 Å². The Morgan fingerprint density at radius 2 is 2.08 bits per heavy atom. The lowest BCUT2D eigenvalue weighted by Crippen LogP contribution is -2.40. The summed E-state index contributed by atoms with van der Waals surface area (Å²) in [6.07, 6.45) is 4.61. The normalized spacial score (nSPS) is 20.6. The molecular formula is C27H31N7O5. The molecule has 2 fully saturated rings. The fourth-order valence-electron chi connectivity index (χ4n) is 5.45. The topological polar surface area (TPSA) is 141 Å². The summed E-state index contributed by atoms with van der Waals surface area (Å²) in [7, 11) is 3.18. The van der Waals surface area contributed by atoms with Gasteiger partial charge in [-0.05, 0) is 30.9 Å². The highest BCUT2D eigenvalue weighted by atomic mass is 16.5. The number of nitrogens with one attached hydrogen (secondary N) is 1. The Bertz CT molecular complexity index is 1330. The van der Waals surface area contributed by atoms with E-state index in [2.05, 4.69) is 26.3 Å². The highest BCUT2D eigenvalue weighted by Gasteiger charge is 2.33. The minimum absolute atomic E-state index is 0.0839. The van der Waals surface area contributed by atoms with Crippen molar-refractivity contribution in [1.29, 1.82) is 5.26 Å². The molecule has 12 heteroatoms. The number of nitrogens with zero attached hydrogens (tertiary/aromatic N) is 6. The van der Waals surface area contributed by atoms with Gasteiger partial charge in [-0.1, -0.05) is 0 Å². The van der Waals surface area contributed by atoms with Crippen molar-refractivity contribution < 1.29 is 23.9 Å². The van der Waals surface area contributed by atoms with E-state index >= 15 is 0 Å². The van der Waals surface area contributed by atoms with E-state index in [0.717, 1.165) is 18.5 Å². The minimum Gasteiger partial charge on any atom is -0.380 e. The number of carbonyl (C=O) groups excluding carboxylic acids is 3. The van der Waals surface area contributed by atoms with Crippen LogP contribution < -0.4 is 15.1 Å². The SMILES string of the molecule is CO[C@@H]1CCN(c2cc(NC(=O)N3CCCc4cc(CN5CC[C@@H](OC)C5=O)c(C=O)nc43)ncc2C#N)C1. The van der Waals surface area contributed by atoms with Crippen LogP contribution >= 0.6 is 0 Å². The van der Waals surface area contributed by atoms with Crippen LogP contribution in [0.4, 0.5) is 22.1 Å². The zero-order valence-corrected chi connectivity index (χ0v) is 22.1. The molecule has 2 aromatic heterocycles. The molecule has 204 valence electrons. The molecule has 39 heavy (non-hydrogen) atoms. The fourth-order valence-corrected chi connectivity index (χ4v) is 5.45. The average molecular weight is 534 g/mol. The van der Waals surface area contributed by atoms with Gasteiger partial charge in [0.25, 0.3) is 5.91 Å². The second-order valence-corrected chi connectivity index (χ2v) is 9.88. The summed E-state index contributed by atoms with van der Waals surface area (Å²) in [5, 5.41) is 12.4. The number of hydrogen-bond donors (Lipinski definition) is 1. The van der Waals surface area contributed by atoms with Crippen LogP contribution in [0.25, 0.3) is 0 Å². The van der Waals surface area contributed by atoms with E-state index in [0.29, 0.717) is 73.6 Å². The summed E-state index contributed by atoms with van der Waals surface area (Å²) in [5.41, 5.74) is 2.80. The number of anilines is 3. The number of aldehydes is 1. The van der Waals surface area contributed by atoms with Gasteiger partial charge < -0.3 is 19.3 Å². The lowest BCUT2D eigenvalue weighted by Gasteiger charge is -2.29. The molecular weight excluding hydrogens is 502 g/mol. The summed E-state index contributed by atoms with van der Waals surface area (Å²) in [4.78, 5) is 51.9. The number of ether oxygens (including phenoxy) is 2. The lowest BCUT2D eigenvalue weighted by molar-refractivity contribution is -0.136. The van der Waals surface area contributed by atoms with E-state index < -0.39 is 12.1 Å². The number of rotatable bonds is 7. The number of pyridine rings is 2. The van der Waals surface area contributed by atoms with Crippen LogP contribution in [-0.2, 0) is 27.2 Å². The van der Waals surface area contributed by atoms with Gasteiger partial charge in [-0.2, -0.15) is 5.26 Å². The van der Waals surface area contributed by atoms with E-state index in [1.54, 1.807) is 18.1 Å². The molecule has 5 rings (SSSR count). The summed E-state index contributed by atoms with van der Waals surface area (Å²) < 4.78 is 10.7. The third kappa shape index (κ3) is 5.28. The number of aromatic nitrogens is 2. The Balaban J connectivity index is 1.36. The summed E-state index contributed by atoms with van der Waals surface area (Å²) in [5.74, 6) is 0.631. The Morgan fingerprint density at radius 3 is 2.77 bits per heavy atom. The highest BCUT2D eigenvalue weighted by molar-refractivity contribution is 6.02. The van der Waals surface area contributed by atoms with Gasteiger partial charge in [0.05, 0.1) is 17.4 Å². The second kappa shape index (κ2) is 11.3. The predicted molar refractivity (Wildman–Crippen MR) is 142 cm³/mol. The molecule has 0 aromatic carbocycles. The maximum atomic E-state index is 13.4. The van der Waals surface area contributed by atoms with Crippen LogP contribution in [0.15, 0.2) is 18.3 Å². The van der Waals surface area contributed by atoms with E-state index in [-0.39, 0.29) is 24.2 Å². The van der Waals surface area contributed by atoms with Crippen LogP contribution in [0.3, 0.4) is 0 Å². The third-order valence-electron chi connectivity index (χ3n) is 7.58. The molecule has 0 unspecified atom stereocenters. The van der Waals surface area contributed by atoms with Gasteiger partial charge in [-0.3, -0.25) is 19.8 Å². The maximum Gasteiger partial charge on any atom is 0.328 e. The van der Waals surface area contributed by atoms with Gasteiger partial charge in [-0.15, -0.1) is 0 Å². The van der Waals surface area contributed by atoms with Crippen molar-refractivity contribution in [2.45, 2.75) is 44.4 Å². The predicted octanol–water partition coefficient (Wildman–Crippen LogP) is 2.12. The van der Waals surface area contributed by atoms with Crippen molar-refractivity contribution in [1.82, 2.24) is 14.9 Å². The monoisotopic (exact) mass is 533 g/mol. The van der Waals surface area contributed by atoms with Gasteiger partial charge in [0.1, 0.15) is 29.5 Å². The summed E-state index contributed by atoms with van der Waals surface area (Å²) in [6.45, 7) is 2.62. The molecule has 3 amide bonds. The molecule has 3 aliphatic rings. The Kier molecular flexibility index (Phi) is 7.72. The first kappa shape index (κ1) is 26.5. The zero-order chi connectivity index (χ0) is 27.5. The molecule has 12 nitrogen and oxygen atoms in total. The van der Waals surface area contributed by atoms with Crippen LogP contribution in [0.5, 0.6) is 0 Å². The van der Waals surface area contributed by atoms with Crippen LogP contribution in [0.2, 0.25) is 0 Å². The van der Waals surface area contributed by atoms with Gasteiger partial charge in [0.15, 0.2) is 6.29 Å². The zero-order valence-electron chi connectivity index (χ0n) is 22.1. The van der Waals surface area contributed by atoms with Crippen molar-refractivity contribution in [2.24, 2.45) is 0 Å². The summed E-state index contributed by atoms with van der Waals surface area (Å²) in [6, 6.07) is 5.32. The smallest absolute Gasteiger partial charge is 0.328 e. The second-order valence-electron chi connectivity index (χ2n) is 9.88. The molecule has 2 saturated heterocycles. The van der Waals surface area contributed by atoms with Gasteiger partial charge in [-0.25, -0.2) is 14.8 Å². The third-order valence-corrected chi connectivity index (χ3v) is 7.58. The number of fused-ring (bicyclic) bond motifs is 1. The van der Waals surface area contributed by atoms with Crippen LogP contribution in [-0.4, -0.2) is 85.7 Å². The molecule has 0 saturated carbocycles. The van der Waals surface area contributed by atoms with Crippen molar-refractivity contribution >= 4 is 35.5 Å². The van der Waals surface area contributed by atoms with E-state index in [9.17, 15) is 19.6 Å². The van der Waals surface area contributed by atoms with E-state index in [1.165, 1.54) is 18.2 Å². The molecule has 0 spiro atoms. The van der Waals surface area contributed by atoms with Crippen molar-refractivity contribution in [3.8, 4) is 6.07 Å². The summed E-state index contributed by atoms with van der Waals surface area (Å²) >= 11 is 0. The molecule has 0 bridgehead atoms. The molecule has 3 aliphatic heterocycles. The van der Waals surface area contributed by atoms with Gasteiger partial charge in [0, 0.05) is 71.2 Å². The first-order valence-corrected chi connectivity index (χ1v) is 13.0. The number of urea groups is 1. The molecule has 1 N–H and O–H groups in total. The molecule has 5 heterocycles. The Morgan fingerprint density at radius 1 is 1.23 bits per heavy atom. The fraction of sp³-hybridized carbons (Fsp3) is 0.481. The lowest BCUT2D eigenvalue weighted by atomic mass is 10.0. The van der Waals surface area contributed by atoms with Crippen molar-refractivity contribution in [3.05, 3.63) is 40.7 Å². The Labute approximate surface area is 226 Å². The standard InChI is InChI=1S/C27H31N7O5/c1-38-20-5-8-32(15-20)22-11-24(29-13-19(22)12-28)31-27(37)34-7-3-4-17-10-18(21(16-35)30-25(17)34)14-33-9-6-23(39-2)26(33)36/h10-11,13,16,20,23H,3-9,14-15H2,1-2H3,(H,29,31,37)/t20-,23-/m1/s1. The van der Waals surface area contributed by atoms with Crippen molar-refractivity contribution in [2.75, 3.05) is 55.5 Å². The largest absolute Gasteiger partial charge is 0.380 e. The number of hydrogen-bond acceptors (Lipinski definition) is 9. The van der Waals surface area contributed by atoms with Crippen LogP contribution in [0.1, 0.15) is 46.4 Å². The van der Waals surface area contributed by atoms with E-state index in [1.807, 2.05) is 6.07 Å². The van der Waals surface area contributed by atoms with Gasteiger partial charge in [0.2, 0.25) is 0 Å². The number of aryl methyl sites for hydroxylation is 1. The minimum atomic E-state index is -0.460. The molecule has 2 aromatic rings.